The molecule has 0 saturated carbocycles. The van der Waals surface area contributed by atoms with Crippen LogP contribution in [0.3, 0.4) is 0 Å². The molecule has 0 saturated heterocycles. The molecule has 14 heteroatoms. The summed E-state index contributed by atoms with van der Waals surface area (Å²) in [5.74, 6) is 0. The standard InChI is InChI=1S/C10H12ClN3.C4HCl3N2.C4H3Cl2N3/c11-8-6-13-14-10(9(8)12)7-4-2-1-3-5-7;5-2-1-8-9-4(7)3(2)6;5-2-1-8-9-4(6)3(2)7/h4,6H,1-3,5H2,(H2,12,13);1H;1H,(H2,7,8). The highest BCUT2D eigenvalue weighted by Gasteiger charge is 2.13. The van der Waals surface area contributed by atoms with E-state index < -0.39 is 0 Å². The highest BCUT2D eigenvalue weighted by atomic mass is 35.5. The normalized spacial score (nSPS) is 12.6. The highest BCUT2D eigenvalue weighted by molar-refractivity contribution is 6.47. The van der Waals surface area contributed by atoms with Crippen LogP contribution in [0.15, 0.2) is 24.7 Å². The summed E-state index contributed by atoms with van der Waals surface area (Å²) in [6.45, 7) is 0. The number of allylic oxidation sites excluding steroid dienone is 2. The zero-order valence-corrected chi connectivity index (χ0v) is 20.8. The molecule has 8 nitrogen and oxygen atoms in total. The van der Waals surface area contributed by atoms with Crippen LogP contribution in [0.4, 0.5) is 11.4 Å². The van der Waals surface area contributed by atoms with Crippen LogP contribution in [0, 0.1) is 0 Å². The maximum atomic E-state index is 5.88. The first-order valence-electron chi connectivity index (χ1n) is 8.92. The van der Waals surface area contributed by atoms with Crippen LogP contribution in [0.25, 0.3) is 5.57 Å². The first-order chi connectivity index (χ1) is 15.2. The lowest BCUT2D eigenvalue weighted by molar-refractivity contribution is 0.738. The Morgan fingerprint density at radius 1 is 0.656 bits per heavy atom. The van der Waals surface area contributed by atoms with E-state index in [4.69, 9.17) is 81.1 Å². The molecule has 0 amide bonds. The summed E-state index contributed by atoms with van der Waals surface area (Å²) in [5.41, 5.74) is 13.9. The molecule has 3 heterocycles. The van der Waals surface area contributed by atoms with E-state index in [-0.39, 0.29) is 21.0 Å². The average molecular weight is 557 g/mol. The second-order valence-corrected chi connectivity index (χ2v) is 8.44. The van der Waals surface area contributed by atoms with Crippen molar-refractivity contribution >= 4 is 86.6 Å². The van der Waals surface area contributed by atoms with Crippen molar-refractivity contribution in [3.05, 3.63) is 60.8 Å². The lowest BCUT2D eigenvalue weighted by Crippen LogP contribution is -2.02. The van der Waals surface area contributed by atoms with Gasteiger partial charge in [0.05, 0.1) is 45.0 Å². The number of nitrogen functional groups attached to an aromatic ring is 2. The van der Waals surface area contributed by atoms with Crippen molar-refractivity contribution in [3.8, 4) is 0 Å². The van der Waals surface area contributed by atoms with Gasteiger partial charge in [0.2, 0.25) is 0 Å². The monoisotopic (exact) mass is 554 g/mol. The van der Waals surface area contributed by atoms with Gasteiger partial charge >= 0.3 is 0 Å². The molecule has 0 radical (unpaired) electrons. The zero-order chi connectivity index (χ0) is 23.7. The maximum absolute atomic E-state index is 5.88. The molecule has 0 aromatic carbocycles. The average Bonchev–Trinajstić information content (AvgIpc) is 2.79. The van der Waals surface area contributed by atoms with Gasteiger partial charge in [0.15, 0.2) is 10.3 Å². The summed E-state index contributed by atoms with van der Waals surface area (Å²) in [7, 11) is 0. The molecule has 0 spiro atoms. The van der Waals surface area contributed by atoms with Crippen molar-refractivity contribution < 1.29 is 0 Å². The summed E-state index contributed by atoms with van der Waals surface area (Å²) in [6.07, 6.45) is 10.9. The van der Waals surface area contributed by atoms with E-state index in [0.29, 0.717) is 20.8 Å². The third-order valence-corrected chi connectivity index (χ3v) is 5.95. The topological polar surface area (TPSA) is 129 Å². The van der Waals surface area contributed by atoms with Gasteiger partial charge < -0.3 is 11.5 Å². The summed E-state index contributed by atoms with van der Waals surface area (Å²) >= 11 is 33.2. The van der Waals surface area contributed by atoms with E-state index in [2.05, 4.69) is 36.7 Å². The smallest absolute Gasteiger partial charge is 0.176 e. The van der Waals surface area contributed by atoms with Crippen LogP contribution in [0.5, 0.6) is 0 Å². The fraction of sp³-hybridized carbons (Fsp3) is 0.222. The predicted molar refractivity (Wildman–Crippen MR) is 131 cm³/mol. The lowest BCUT2D eigenvalue weighted by atomic mass is 9.96. The van der Waals surface area contributed by atoms with Gasteiger partial charge in [0.25, 0.3) is 0 Å². The molecule has 0 atom stereocenters. The largest absolute Gasteiger partial charge is 0.396 e. The van der Waals surface area contributed by atoms with Crippen LogP contribution in [0.2, 0.25) is 30.4 Å². The van der Waals surface area contributed by atoms with E-state index in [0.717, 1.165) is 18.5 Å². The molecule has 0 aliphatic heterocycles. The Morgan fingerprint density at radius 3 is 1.72 bits per heavy atom. The summed E-state index contributed by atoms with van der Waals surface area (Å²) in [6, 6.07) is 0. The summed E-state index contributed by atoms with van der Waals surface area (Å²) in [4.78, 5) is 0. The second kappa shape index (κ2) is 13.1. The summed E-state index contributed by atoms with van der Waals surface area (Å²) < 4.78 is 0. The van der Waals surface area contributed by atoms with Gasteiger partial charge in [-0.3, -0.25) is 0 Å². The van der Waals surface area contributed by atoms with Crippen molar-refractivity contribution in [2.75, 3.05) is 11.5 Å². The van der Waals surface area contributed by atoms with Crippen LogP contribution >= 0.6 is 69.6 Å². The van der Waals surface area contributed by atoms with Crippen LogP contribution in [-0.4, -0.2) is 30.6 Å². The number of nitrogens with two attached hydrogens (primary N) is 2. The van der Waals surface area contributed by atoms with E-state index in [9.17, 15) is 0 Å². The number of hydrogen-bond donors (Lipinski definition) is 2. The Hall–Kier alpha value is -1.68. The van der Waals surface area contributed by atoms with Gasteiger partial charge in [-0.2, -0.15) is 15.3 Å². The SMILES string of the molecule is Clc1cnnc(Cl)c1Cl.Nc1c(Cl)cnnc1C1=CCCCC1.Nc1c(Cl)cnnc1Cl. The molecule has 0 unspecified atom stereocenters. The van der Waals surface area contributed by atoms with Gasteiger partial charge in [-0.25, -0.2) is 0 Å². The van der Waals surface area contributed by atoms with Crippen molar-refractivity contribution in [1.29, 1.82) is 0 Å². The molecule has 3 aromatic heterocycles. The molecular weight excluding hydrogens is 541 g/mol. The molecule has 0 bridgehead atoms. The van der Waals surface area contributed by atoms with E-state index in [1.807, 2.05) is 0 Å². The van der Waals surface area contributed by atoms with Crippen molar-refractivity contribution in [3.63, 3.8) is 0 Å². The first-order valence-corrected chi connectivity index (χ1v) is 11.2. The van der Waals surface area contributed by atoms with E-state index in [1.165, 1.54) is 37.0 Å². The molecular formula is C18H16Cl6N8. The minimum Gasteiger partial charge on any atom is -0.396 e. The number of aromatic nitrogens is 6. The maximum Gasteiger partial charge on any atom is 0.176 e. The van der Waals surface area contributed by atoms with Crippen LogP contribution in [-0.2, 0) is 0 Å². The van der Waals surface area contributed by atoms with Crippen molar-refractivity contribution in [1.82, 2.24) is 30.6 Å². The van der Waals surface area contributed by atoms with Crippen molar-refractivity contribution in [2.45, 2.75) is 25.7 Å². The predicted octanol–water partition coefficient (Wildman–Crippen LogP) is 6.47. The van der Waals surface area contributed by atoms with Gasteiger partial charge in [0, 0.05) is 0 Å². The minimum absolute atomic E-state index is 0.129. The quantitative estimate of drug-likeness (QED) is 0.348. The summed E-state index contributed by atoms with van der Waals surface area (Å²) in [5, 5.41) is 23.3. The van der Waals surface area contributed by atoms with E-state index in [1.54, 1.807) is 0 Å². The Kier molecular flexibility index (Phi) is 10.9. The Morgan fingerprint density at radius 2 is 1.22 bits per heavy atom. The van der Waals surface area contributed by atoms with Gasteiger partial charge in [-0.05, 0) is 31.3 Å². The fourth-order valence-electron chi connectivity index (χ4n) is 2.35. The second-order valence-electron chi connectivity index (χ2n) is 6.12. The molecule has 4 rings (SSSR count). The van der Waals surface area contributed by atoms with E-state index >= 15 is 0 Å². The number of anilines is 2. The number of hydrogen-bond acceptors (Lipinski definition) is 8. The Bertz CT molecular complexity index is 1010. The molecule has 1 aliphatic carbocycles. The Labute approximate surface area is 214 Å². The number of rotatable bonds is 1. The molecule has 0 fully saturated rings. The third-order valence-electron chi connectivity index (χ3n) is 3.94. The van der Waals surface area contributed by atoms with Crippen LogP contribution < -0.4 is 11.5 Å². The minimum atomic E-state index is 0.129. The van der Waals surface area contributed by atoms with Gasteiger partial charge in [0.1, 0.15) is 10.7 Å². The van der Waals surface area contributed by atoms with Gasteiger partial charge in [-0.15, -0.1) is 15.3 Å². The number of halogens is 6. The Balaban J connectivity index is 0.000000178. The first kappa shape index (κ1) is 26.6. The molecule has 4 N–H and O–H groups in total. The zero-order valence-electron chi connectivity index (χ0n) is 16.2. The fourth-order valence-corrected chi connectivity index (χ4v) is 3.22. The molecule has 1 aliphatic rings. The molecule has 3 aromatic rings. The highest BCUT2D eigenvalue weighted by Crippen LogP contribution is 2.31. The molecule has 32 heavy (non-hydrogen) atoms. The van der Waals surface area contributed by atoms with Crippen molar-refractivity contribution in [2.24, 2.45) is 0 Å². The van der Waals surface area contributed by atoms with Crippen LogP contribution in [0.1, 0.15) is 31.4 Å². The molecule has 170 valence electrons. The van der Waals surface area contributed by atoms with Gasteiger partial charge in [-0.1, -0.05) is 75.7 Å². The number of nitrogens with zero attached hydrogens (tertiary/aromatic N) is 6. The lowest BCUT2D eigenvalue weighted by Gasteiger charge is -2.13. The third kappa shape index (κ3) is 7.72.